The summed E-state index contributed by atoms with van der Waals surface area (Å²) < 4.78 is 16.8. The number of carbonyl (C=O) groups excluding carboxylic acids is 3. The molecule has 0 aliphatic rings. The van der Waals surface area contributed by atoms with Crippen molar-refractivity contribution in [3.8, 4) is 0 Å². The lowest BCUT2D eigenvalue weighted by Crippen LogP contribution is -2.30. The molecule has 0 bridgehead atoms. The van der Waals surface area contributed by atoms with Gasteiger partial charge in [-0.15, -0.1) is 0 Å². The minimum absolute atomic E-state index is 0.136. The molecule has 0 N–H and O–H groups in total. The van der Waals surface area contributed by atoms with Gasteiger partial charge in [-0.25, -0.2) is 0 Å². The summed E-state index contributed by atoms with van der Waals surface area (Å²) in [6.07, 6.45) is 107. The fourth-order valence-electron chi connectivity index (χ4n) is 7.74. The van der Waals surface area contributed by atoms with Crippen LogP contribution in [-0.4, -0.2) is 37.2 Å². The third-order valence-electron chi connectivity index (χ3n) is 12.5. The summed E-state index contributed by atoms with van der Waals surface area (Å²) in [6, 6.07) is 0. The average molecular weight is 1140 g/mol. The van der Waals surface area contributed by atoms with Crippen molar-refractivity contribution in [2.45, 2.75) is 232 Å². The first-order valence-corrected chi connectivity index (χ1v) is 32.2. The Morgan fingerprint density at radius 1 is 0.241 bits per heavy atom. The number of esters is 3. The highest BCUT2D eigenvalue weighted by Gasteiger charge is 2.19. The van der Waals surface area contributed by atoms with E-state index in [0.717, 1.165) is 173 Å². The summed E-state index contributed by atoms with van der Waals surface area (Å²) in [5, 5.41) is 0. The molecule has 83 heavy (non-hydrogen) atoms. The van der Waals surface area contributed by atoms with E-state index in [-0.39, 0.29) is 44.0 Å². The molecule has 0 saturated carbocycles. The number of carbonyl (C=O) groups is 3. The van der Waals surface area contributed by atoms with E-state index in [0.29, 0.717) is 19.3 Å². The number of hydrogen-bond donors (Lipinski definition) is 0. The van der Waals surface area contributed by atoms with Gasteiger partial charge in [0.2, 0.25) is 0 Å². The van der Waals surface area contributed by atoms with E-state index in [1.54, 1.807) is 0 Å². The van der Waals surface area contributed by atoms with Crippen molar-refractivity contribution in [2.75, 3.05) is 13.2 Å². The predicted octanol–water partition coefficient (Wildman–Crippen LogP) is 22.5. The second-order valence-electron chi connectivity index (χ2n) is 20.2. The maximum Gasteiger partial charge on any atom is 0.306 e. The van der Waals surface area contributed by atoms with Crippen LogP contribution in [0.15, 0.2) is 219 Å². The van der Waals surface area contributed by atoms with Crippen molar-refractivity contribution in [1.82, 2.24) is 0 Å². The Hall–Kier alpha value is -6.27. The summed E-state index contributed by atoms with van der Waals surface area (Å²) in [5.74, 6) is -1.06. The Morgan fingerprint density at radius 2 is 0.434 bits per heavy atom. The van der Waals surface area contributed by atoms with Crippen molar-refractivity contribution in [3.05, 3.63) is 219 Å². The molecule has 0 saturated heterocycles. The lowest BCUT2D eigenvalue weighted by molar-refractivity contribution is -0.167. The highest BCUT2D eigenvalue weighted by atomic mass is 16.6. The summed E-state index contributed by atoms with van der Waals surface area (Å²) in [5.41, 5.74) is 0. The van der Waals surface area contributed by atoms with E-state index >= 15 is 0 Å². The highest BCUT2D eigenvalue weighted by molar-refractivity contribution is 5.71. The maximum atomic E-state index is 12.9. The molecular weight excluding hydrogens is 1020 g/mol. The fraction of sp³-hybridized carbons (Fsp3) is 0.494. The largest absolute Gasteiger partial charge is 0.462 e. The first-order valence-electron chi connectivity index (χ1n) is 32.2. The quantitative estimate of drug-likeness (QED) is 0.0261. The summed E-state index contributed by atoms with van der Waals surface area (Å²) in [7, 11) is 0. The Bertz CT molecular complexity index is 2080. The van der Waals surface area contributed by atoms with Crippen LogP contribution >= 0.6 is 0 Å². The molecule has 0 fully saturated rings. The van der Waals surface area contributed by atoms with E-state index in [4.69, 9.17) is 14.2 Å². The standard InChI is InChI=1S/C77H114O6/c1-4-7-10-13-16-19-22-25-28-31-34-35-36-37-38-39-40-41-44-46-49-52-55-58-61-64-67-70-76(79)82-73-74(83-77(80)71-68-65-62-59-56-53-50-47-43-33-30-27-24-21-18-15-12-9-6-3)72-81-75(78)69-66-63-60-57-54-51-48-45-42-32-29-26-23-20-17-14-11-8-5-2/h7-12,16-21,25-30,34-35,37-38,40-43,45-47,49,51,53-56,58,74H,4-6,13-15,22-24,31-33,36,39,44,48,50,52,57,59-73H2,1-3H3/b10-7-,11-8-,12-9-,19-16-,20-17-,21-18-,28-25-,29-26-,30-27-,35-34-,38-37-,41-40-,45-42-,47-43-,49-46-,54-51-,56-53-,58-55-. The minimum atomic E-state index is -0.845. The van der Waals surface area contributed by atoms with Gasteiger partial charge in [-0.2, -0.15) is 0 Å². The first kappa shape index (κ1) is 76.7. The molecule has 0 aromatic heterocycles. The van der Waals surface area contributed by atoms with Crippen LogP contribution in [-0.2, 0) is 28.6 Å². The van der Waals surface area contributed by atoms with Crippen LogP contribution in [0.5, 0.6) is 0 Å². The van der Waals surface area contributed by atoms with Crippen molar-refractivity contribution < 1.29 is 28.6 Å². The second kappa shape index (κ2) is 68.2. The number of ether oxygens (including phenoxy) is 3. The number of unbranched alkanes of at least 4 members (excludes halogenated alkanes) is 8. The molecular formula is C77H114O6. The normalized spacial score (nSPS) is 13.6. The number of allylic oxidation sites excluding steroid dienone is 36. The van der Waals surface area contributed by atoms with E-state index in [1.807, 2.05) is 0 Å². The van der Waals surface area contributed by atoms with Crippen LogP contribution in [0.3, 0.4) is 0 Å². The molecule has 0 heterocycles. The van der Waals surface area contributed by atoms with Crippen molar-refractivity contribution in [3.63, 3.8) is 0 Å². The number of rotatable bonds is 55. The molecule has 1 unspecified atom stereocenters. The topological polar surface area (TPSA) is 78.9 Å². The van der Waals surface area contributed by atoms with Crippen molar-refractivity contribution in [1.29, 1.82) is 0 Å². The third kappa shape index (κ3) is 66.4. The van der Waals surface area contributed by atoms with Crippen LogP contribution in [0.1, 0.15) is 226 Å². The van der Waals surface area contributed by atoms with Gasteiger partial charge < -0.3 is 14.2 Å². The second-order valence-corrected chi connectivity index (χ2v) is 20.2. The van der Waals surface area contributed by atoms with Crippen LogP contribution in [0.25, 0.3) is 0 Å². The van der Waals surface area contributed by atoms with E-state index in [1.165, 1.54) is 0 Å². The molecule has 0 rings (SSSR count). The molecule has 0 radical (unpaired) electrons. The van der Waals surface area contributed by atoms with Crippen LogP contribution in [0, 0.1) is 0 Å². The van der Waals surface area contributed by atoms with Crippen LogP contribution in [0.4, 0.5) is 0 Å². The smallest absolute Gasteiger partial charge is 0.306 e. The zero-order valence-electron chi connectivity index (χ0n) is 52.4. The first-order chi connectivity index (χ1) is 41.0. The zero-order chi connectivity index (χ0) is 59.9. The Morgan fingerprint density at radius 3 is 0.675 bits per heavy atom. The average Bonchev–Trinajstić information content (AvgIpc) is 3.50. The van der Waals surface area contributed by atoms with Crippen molar-refractivity contribution in [2.24, 2.45) is 0 Å². The van der Waals surface area contributed by atoms with Gasteiger partial charge in [0.05, 0.1) is 0 Å². The van der Waals surface area contributed by atoms with E-state index < -0.39 is 6.10 Å². The molecule has 1 atom stereocenters. The fourth-order valence-corrected chi connectivity index (χ4v) is 7.74. The van der Waals surface area contributed by atoms with E-state index in [2.05, 4.69) is 240 Å². The molecule has 0 aliphatic carbocycles. The molecule has 0 spiro atoms. The molecule has 458 valence electrons. The van der Waals surface area contributed by atoms with Gasteiger partial charge in [-0.05, 0) is 173 Å². The lowest BCUT2D eigenvalue weighted by Gasteiger charge is -2.18. The lowest BCUT2D eigenvalue weighted by atomic mass is 10.1. The Labute approximate surface area is 508 Å². The molecule has 6 heteroatoms. The Balaban J connectivity index is 4.63. The molecule has 0 aliphatic heterocycles. The van der Waals surface area contributed by atoms with Gasteiger partial charge in [0.25, 0.3) is 0 Å². The van der Waals surface area contributed by atoms with Crippen LogP contribution in [0.2, 0.25) is 0 Å². The highest BCUT2D eigenvalue weighted by Crippen LogP contribution is 2.11. The number of hydrogen-bond acceptors (Lipinski definition) is 6. The molecule has 6 nitrogen and oxygen atoms in total. The zero-order valence-corrected chi connectivity index (χ0v) is 52.4. The van der Waals surface area contributed by atoms with Gasteiger partial charge in [0, 0.05) is 19.3 Å². The summed E-state index contributed by atoms with van der Waals surface area (Å²) in [6.45, 7) is 6.18. The molecule has 0 aromatic carbocycles. The van der Waals surface area contributed by atoms with Crippen molar-refractivity contribution >= 4 is 17.9 Å². The SMILES string of the molecule is CC/C=C\C/C=C\C/C=C\C/C=C\C/C=C\C/C=C\C/C=C\C/C=C\CCCCC(=O)OCC(COC(=O)CCCCC/C=C\C/C=C\C/C=C\C/C=C\C/C=C\CC)OC(=O)CCCCC/C=C\C/C=C\C/C=C\C/C=C\C/C=C\CC. The summed E-state index contributed by atoms with van der Waals surface area (Å²) in [4.78, 5) is 38.4. The van der Waals surface area contributed by atoms with Crippen LogP contribution < -0.4 is 0 Å². The maximum absolute atomic E-state index is 12.9. The minimum Gasteiger partial charge on any atom is -0.462 e. The monoisotopic (exact) mass is 1130 g/mol. The van der Waals surface area contributed by atoms with Gasteiger partial charge in [0.15, 0.2) is 6.10 Å². The van der Waals surface area contributed by atoms with Gasteiger partial charge in [-0.3, -0.25) is 14.4 Å². The van der Waals surface area contributed by atoms with E-state index in [9.17, 15) is 14.4 Å². The third-order valence-corrected chi connectivity index (χ3v) is 12.5. The summed E-state index contributed by atoms with van der Waals surface area (Å²) >= 11 is 0. The van der Waals surface area contributed by atoms with Gasteiger partial charge in [0.1, 0.15) is 13.2 Å². The Kier molecular flexibility index (Phi) is 63.1. The molecule has 0 aromatic rings. The van der Waals surface area contributed by atoms with Gasteiger partial charge >= 0.3 is 17.9 Å². The predicted molar refractivity (Wildman–Crippen MR) is 361 cm³/mol. The van der Waals surface area contributed by atoms with Gasteiger partial charge in [-0.1, -0.05) is 252 Å². The molecule has 0 amide bonds.